The quantitative estimate of drug-likeness (QED) is 0.0261. The fourth-order valence-electron chi connectivity index (χ4n) is 9.05. The molecule has 0 saturated carbocycles. The average Bonchev–Trinajstić information content (AvgIpc) is 3.41. The van der Waals surface area contributed by atoms with Gasteiger partial charge in [0.1, 0.15) is 13.2 Å². The fraction of sp³-hybridized carbons (Fsp3) is 0.754. The minimum atomic E-state index is -0.788. The molecule has 0 spiro atoms. The van der Waals surface area contributed by atoms with Gasteiger partial charge in [-0.2, -0.15) is 0 Å². The summed E-state index contributed by atoms with van der Waals surface area (Å²) in [6, 6.07) is 0. The molecule has 0 bridgehead atoms. The molecule has 0 rings (SSSR count). The predicted octanol–water partition coefficient (Wildman–Crippen LogP) is 21.9. The Morgan fingerprint density at radius 3 is 0.840 bits per heavy atom. The van der Waals surface area contributed by atoms with E-state index in [4.69, 9.17) is 14.2 Å². The molecule has 6 nitrogen and oxygen atoms in total. The van der Waals surface area contributed by atoms with Crippen molar-refractivity contribution in [3.8, 4) is 0 Å². The van der Waals surface area contributed by atoms with Crippen LogP contribution in [0.5, 0.6) is 0 Å². The molecule has 1 atom stereocenters. The third kappa shape index (κ3) is 61.3. The number of rotatable bonds is 58. The number of carbonyl (C=O) groups excluding carboxylic acids is 3. The van der Waals surface area contributed by atoms with Crippen molar-refractivity contribution < 1.29 is 28.6 Å². The second kappa shape index (κ2) is 63.1. The summed E-state index contributed by atoms with van der Waals surface area (Å²) in [5.41, 5.74) is 0. The van der Waals surface area contributed by atoms with Crippen LogP contribution in [-0.2, 0) is 28.6 Å². The van der Waals surface area contributed by atoms with Crippen LogP contribution in [-0.4, -0.2) is 37.2 Å². The summed E-state index contributed by atoms with van der Waals surface area (Å²) in [6.45, 7) is 6.52. The lowest BCUT2D eigenvalue weighted by Gasteiger charge is -2.18. The Balaban J connectivity index is 4.38. The van der Waals surface area contributed by atoms with Crippen LogP contribution in [0.4, 0.5) is 0 Å². The van der Waals surface area contributed by atoms with Crippen LogP contribution >= 0.6 is 0 Å². The van der Waals surface area contributed by atoms with E-state index < -0.39 is 6.10 Å². The van der Waals surface area contributed by atoms with E-state index in [1.807, 2.05) is 0 Å². The van der Waals surface area contributed by atoms with Crippen LogP contribution in [0.15, 0.2) is 85.1 Å². The van der Waals surface area contributed by atoms with E-state index in [0.29, 0.717) is 19.3 Å². The molecule has 1 unspecified atom stereocenters. The smallest absolute Gasteiger partial charge is 0.306 e. The summed E-state index contributed by atoms with van der Waals surface area (Å²) in [4.78, 5) is 38.3. The summed E-state index contributed by atoms with van der Waals surface area (Å²) < 4.78 is 16.9. The molecule has 0 aromatic rings. The largest absolute Gasteiger partial charge is 0.462 e. The fourth-order valence-corrected chi connectivity index (χ4v) is 9.05. The van der Waals surface area contributed by atoms with Crippen molar-refractivity contribution in [1.29, 1.82) is 0 Å². The number of unbranched alkanes of at least 4 members (excludes halogenated alkanes) is 33. The van der Waals surface area contributed by atoms with Gasteiger partial charge in [0.15, 0.2) is 6.10 Å². The van der Waals surface area contributed by atoms with Crippen molar-refractivity contribution in [2.75, 3.05) is 13.2 Å². The standard InChI is InChI=1S/C69H120O6/c1-4-7-10-13-16-19-22-25-28-31-33-34-35-36-37-39-41-44-47-50-53-56-59-62-68(71)74-65-66(64-73-67(70)61-58-55-52-49-46-43-40-30-27-24-21-18-15-12-9-6-3)75-69(72)63-60-57-54-51-48-45-42-38-32-29-26-23-20-17-14-11-8-5-2/h7,10,16,19,21,24-25,28-30,32-34,40,66H,4-6,8-9,11-15,17-18,20,22-23,26-27,31,35-39,41-65H2,1-3H3/b10-7-,19-16-,24-21-,28-25-,32-29-,34-33-,40-30-. The Labute approximate surface area is 465 Å². The first-order valence-electron chi connectivity index (χ1n) is 32.1. The van der Waals surface area contributed by atoms with Crippen molar-refractivity contribution in [3.05, 3.63) is 85.1 Å². The first-order chi connectivity index (χ1) is 37.0. The van der Waals surface area contributed by atoms with E-state index in [1.54, 1.807) is 0 Å². The van der Waals surface area contributed by atoms with Crippen LogP contribution in [0.3, 0.4) is 0 Å². The topological polar surface area (TPSA) is 78.9 Å². The zero-order valence-corrected chi connectivity index (χ0v) is 49.6. The van der Waals surface area contributed by atoms with Gasteiger partial charge in [-0.25, -0.2) is 0 Å². The first kappa shape index (κ1) is 71.6. The van der Waals surface area contributed by atoms with Crippen molar-refractivity contribution in [2.45, 2.75) is 322 Å². The minimum absolute atomic E-state index is 0.0839. The first-order valence-corrected chi connectivity index (χ1v) is 32.1. The van der Waals surface area contributed by atoms with E-state index in [-0.39, 0.29) is 31.1 Å². The number of carbonyl (C=O) groups is 3. The van der Waals surface area contributed by atoms with Crippen LogP contribution in [0, 0.1) is 0 Å². The van der Waals surface area contributed by atoms with Gasteiger partial charge >= 0.3 is 17.9 Å². The van der Waals surface area contributed by atoms with Crippen molar-refractivity contribution >= 4 is 17.9 Å². The van der Waals surface area contributed by atoms with E-state index in [9.17, 15) is 14.4 Å². The number of hydrogen-bond acceptors (Lipinski definition) is 6. The normalized spacial score (nSPS) is 12.6. The van der Waals surface area contributed by atoms with Gasteiger partial charge in [0.05, 0.1) is 0 Å². The Bertz CT molecular complexity index is 1430. The lowest BCUT2D eigenvalue weighted by Crippen LogP contribution is -2.30. The molecule has 0 amide bonds. The second-order valence-electron chi connectivity index (χ2n) is 21.3. The Hall–Kier alpha value is -3.41. The Morgan fingerprint density at radius 2 is 0.520 bits per heavy atom. The van der Waals surface area contributed by atoms with Gasteiger partial charge in [0, 0.05) is 19.3 Å². The van der Waals surface area contributed by atoms with Gasteiger partial charge in [-0.1, -0.05) is 266 Å². The van der Waals surface area contributed by atoms with Gasteiger partial charge in [0.2, 0.25) is 0 Å². The van der Waals surface area contributed by atoms with Crippen molar-refractivity contribution in [3.63, 3.8) is 0 Å². The zero-order chi connectivity index (χ0) is 54.3. The molecule has 0 heterocycles. The molecule has 6 heteroatoms. The lowest BCUT2D eigenvalue weighted by atomic mass is 10.1. The van der Waals surface area contributed by atoms with Gasteiger partial charge in [-0.3, -0.25) is 14.4 Å². The third-order valence-corrected chi connectivity index (χ3v) is 13.9. The molecular formula is C69H120O6. The van der Waals surface area contributed by atoms with Crippen LogP contribution in [0.25, 0.3) is 0 Å². The lowest BCUT2D eigenvalue weighted by molar-refractivity contribution is -0.167. The molecule has 0 aliphatic heterocycles. The zero-order valence-electron chi connectivity index (χ0n) is 49.6. The Kier molecular flexibility index (Phi) is 60.3. The molecule has 0 saturated heterocycles. The maximum absolute atomic E-state index is 12.9. The van der Waals surface area contributed by atoms with E-state index in [2.05, 4.69) is 106 Å². The van der Waals surface area contributed by atoms with E-state index in [0.717, 1.165) is 103 Å². The highest BCUT2D eigenvalue weighted by Crippen LogP contribution is 2.16. The molecule has 0 fully saturated rings. The number of hydrogen-bond donors (Lipinski definition) is 0. The van der Waals surface area contributed by atoms with Gasteiger partial charge in [0.25, 0.3) is 0 Å². The average molecular weight is 1050 g/mol. The number of allylic oxidation sites excluding steroid dienone is 14. The Morgan fingerprint density at radius 1 is 0.280 bits per heavy atom. The predicted molar refractivity (Wildman–Crippen MR) is 325 cm³/mol. The monoisotopic (exact) mass is 1040 g/mol. The molecule has 0 radical (unpaired) electrons. The maximum Gasteiger partial charge on any atom is 0.306 e. The molecule has 0 aromatic carbocycles. The highest BCUT2D eigenvalue weighted by Gasteiger charge is 2.19. The second-order valence-corrected chi connectivity index (χ2v) is 21.3. The SMILES string of the molecule is CC/C=C\C/C=C\C/C=C\C/C=C\CCCCCCCCCCCCC(=O)OCC(COC(=O)CCCCCCC/C=C\C/C=C\CCCCCC)OC(=O)CCCCCCCCC/C=C\CCCCCCCCC. The number of ether oxygens (including phenoxy) is 3. The minimum Gasteiger partial charge on any atom is -0.462 e. The molecule has 432 valence electrons. The maximum atomic E-state index is 12.9. The molecule has 75 heavy (non-hydrogen) atoms. The third-order valence-electron chi connectivity index (χ3n) is 13.9. The molecule has 0 aromatic heterocycles. The summed E-state index contributed by atoms with van der Waals surface area (Å²) in [5, 5.41) is 0. The highest BCUT2D eigenvalue weighted by molar-refractivity contribution is 5.71. The van der Waals surface area contributed by atoms with Crippen LogP contribution < -0.4 is 0 Å². The molecule has 0 aliphatic carbocycles. The summed E-state index contributed by atoms with van der Waals surface area (Å²) in [7, 11) is 0. The molecular weight excluding hydrogens is 925 g/mol. The molecule has 0 aliphatic rings. The van der Waals surface area contributed by atoms with Gasteiger partial charge in [-0.05, 0) is 116 Å². The summed E-state index contributed by atoms with van der Waals surface area (Å²) in [5.74, 6) is -0.894. The summed E-state index contributed by atoms with van der Waals surface area (Å²) >= 11 is 0. The van der Waals surface area contributed by atoms with E-state index >= 15 is 0 Å². The van der Waals surface area contributed by atoms with Crippen molar-refractivity contribution in [2.24, 2.45) is 0 Å². The van der Waals surface area contributed by atoms with Crippen LogP contribution in [0.1, 0.15) is 316 Å². The van der Waals surface area contributed by atoms with Gasteiger partial charge < -0.3 is 14.2 Å². The van der Waals surface area contributed by atoms with Gasteiger partial charge in [-0.15, -0.1) is 0 Å². The van der Waals surface area contributed by atoms with E-state index in [1.165, 1.54) is 173 Å². The summed E-state index contributed by atoms with van der Waals surface area (Å²) in [6.07, 6.45) is 82.9. The van der Waals surface area contributed by atoms with Crippen LogP contribution in [0.2, 0.25) is 0 Å². The van der Waals surface area contributed by atoms with Crippen molar-refractivity contribution in [1.82, 2.24) is 0 Å². The highest BCUT2D eigenvalue weighted by atomic mass is 16.6. The molecule has 0 N–H and O–H groups in total. The number of esters is 3.